The van der Waals surface area contributed by atoms with Crippen molar-refractivity contribution in [2.45, 2.75) is 19.9 Å². The van der Waals surface area contributed by atoms with Gasteiger partial charge in [0, 0.05) is 24.7 Å². The zero-order valence-electron chi connectivity index (χ0n) is 19.2. The third kappa shape index (κ3) is 6.83. The number of hydrogen-bond acceptors (Lipinski definition) is 6. The summed E-state index contributed by atoms with van der Waals surface area (Å²) in [6.07, 6.45) is 0.190. The van der Waals surface area contributed by atoms with Crippen LogP contribution in [0, 0.1) is 0 Å². The second-order valence-electron chi connectivity index (χ2n) is 7.42. The monoisotopic (exact) mass is 462 g/mol. The number of carbonyl (C=O) groups excluding carboxylic acids is 3. The van der Waals surface area contributed by atoms with Crippen LogP contribution in [0.5, 0.6) is 17.2 Å². The van der Waals surface area contributed by atoms with E-state index >= 15 is 0 Å². The fourth-order valence-corrected chi connectivity index (χ4v) is 3.27. The first-order valence-corrected chi connectivity index (χ1v) is 10.5. The van der Waals surface area contributed by atoms with Crippen molar-refractivity contribution >= 4 is 23.5 Å². The van der Waals surface area contributed by atoms with Crippen LogP contribution in [0.2, 0.25) is 0 Å². The number of methoxy groups -OCH3 is 2. The first-order chi connectivity index (χ1) is 16.4. The van der Waals surface area contributed by atoms with Crippen LogP contribution in [0.25, 0.3) is 0 Å². The lowest BCUT2D eigenvalue weighted by Crippen LogP contribution is -2.24. The molecule has 8 nitrogen and oxygen atoms in total. The summed E-state index contributed by atoms with van der Waals surface area (Å²) in [4.78, 5) is 36.1. The molecule has 0 atom stereocenters. The van der Waals surface area contributed by atoms with E-state index in [9.17, 15) is 14.4 Å². The molecular weight excluding hydrogens is 436 g/mol. The van der Waals surface area contributed by atoms with Crippen LogP contribution in [0.15, 0.2) is 66.7 Å². The van der Waals surface area contributed by atoms with Crippen LogP contribution < -0.4 is 24.8 Å². The Balaban J connectivity index is 1.58. The molecule has 0 spiro atoms. The highest BCUT2D eigenvalue weighted by molar-refractivity contribution is 6.04. The summed E-state index contributed by atoms with van der Waals surface area (Å²) >= 11 is 0. The molecule has 0 aliphatic heterocycles. The third-order valence-electron chi connectivity index (χ3n) is 4.84. The molecule has 3 aromatic carbocycles. The van der Waals surface area contributed by atoms with Crippen molar-refractivity contribution < 1.29 is 28.6 Å². The molecule has 176 valence electrons. The fraction of sp³-hybridized carbons (Fsp3) is 0.192. The van der Waals surface area contributed by atoms with E-state index in [1.54, 1.807) is 62.8 Å². The summed E-state index contributed by atoms with van der Waals surface area (Å²) in [5, 5.41) is 5.69. The number of nitrogens with one attached hydrogen (secondary N) is 2. The molecule has 0 unspecified atom stereocenters. The van der Waals surface area contributed by atoms with Gasteiger partial charge in [0.15, 0.2) is 11.5 Å². The number of anilines is 1. The zero-order chi connectivity index (χ0) is 24.5. The van der Waals surface area contributed by atoms with E-state index in [0.717, 1.165) is 11.1 Å². The smallest absolute Gasteiger partial charge is 0.308 e. The Morgan fingerprint density at radius 3 is 2.32 bits per heavy atom. The first kappa shape index (κ1) is 24.3. The van der Waals surface area contributed by atoms with Crippen molar-refractivity contribution in [1.29, 1.82) is 0 Å². The van der Waals surface area contributed by atoms with Gasteiger partial charge in [-0.3, -0.25) is 14.4 Å². The van der Waals surface area contributed by atoms with Gasteiger partial charge in [0.05, 0.1) is 20.6 Å². The number of amides is 2. The Kier molecular flexibility index (Phi) is 8.23. The molecule has 3 rings (SSSR count). The average molecular weight is 463 g/mol. The molecule has 0 aliphatic rings. The summed E-state index contributed by atoms with van der Waals surface area (Å²) < 4.78 is 15.5. The van der Waals surface area contributed by atoms with Crippen LogP contribution in [0.4, 0.5) is 5.69 Å². The lowest BCUT2D eigenvalue weighted by molar-refractivity contribution is -0.131. The highest BCUT2D eigenvalue weighted by atomic mass is 16.5. The van der Waals surface area contributed by atoms with Crippen molar-refractivity contribution in [3.8, 4) is 17.2 Å². The van der Waals surface area contributed by atoms with Crippen LogP contribution in [-0.2, 0) is 22.6 Å². The Morgan fingerprint density at radius 2 is 1.59 bits per heavy atom. The lowest BCUT2D eigenvalue weighted by Gasteiger charge is -2.11. The Morgan fingerprint density at radius 1 is 0.824 bits per heavy atom. The van der Waals surface area contributed by atoms with Crippen molar-refractivity contribution in [3.05, 3.63) is 83.4 Å². The van der Waals surface area contributed by atoms with Gasteiger partial charge in [0.2, 0.25) is 5.91 Å². The molecule has 3 aromatic rings. The van der Waals surface area contributed by atoms with E-state index in [4.69, 9.17) is 14.2 Å². The van der Waals surface area contributed by atoms with Crippen molar-refractivity contribution in [1.82, 2.24) is 5.32 Å². The maximum Gasteiger partial charge on any atom is 0.308 e. The molecule has 2 N–H and O–H groups in total. The van der Waals surface area contributed by atoms with E-state index in [2.05, 4.69) is 10.6 Å². The second kappa shape index (κ2) is 11.5. The molecule has 0 saturated carbocycles. The molecule has 0 heterocycles. The molecule has 0 fully saturated rings. The van der Waals surface area contributed by atoms with Gasteiger partial charge in [-0.2, -0.15) is 0 Å². The van der Waals surface area contributed by atoms with Crippen LogP contribution >= 0.6 is 0 Å². The number of carbonyl (C=O) groups is 3. The second-order valence-corrected chi connectivity index (χ2v) is 7.42. The summed E-state index contributed by atoms with van der Waals surface area (Å²) in [5.41, 5.74) is 2.56. The number of ether oxygens (including phenoxy) is 3. The molecule has 0 aliphatic carbocycles. The predicted molar refractivity (Wildman–Crippen MR) is 127 cm³/mol. The SMILES string of the molecule is COc1ccc(CC(=O)NCc2cccc(NC(=O)c3cccc(OC(C)=O)c3)c2)cc1OC. The Hall–Kier alpha value is -4.33. The van der Waals surface area contributed by atoms with E-state index in [1.807, 2.05) is 12.1 Å². The van der Waals surface area contributed by atoms with Gasteiger partial charge in [-0.25, -0.2) is 0 Å². The first-order valence-electron chi connectivity index (χ1n) is 10.5. The van der Waals surface area contributed by atoms with Crippen LogP contribution in [0.3, 0.4) is 0 Å². The van der Waals surface area contributed by atoms with Crippen LogP contribution in [0.1, 0.15) is 28.4 Å². The summed E-state index contributed by atoms with van der Waals surface area (Å²) in [6.45, 7) is 1.60. The number of hydrogen-bond donors (Lipinski definition) is 2. The molecule has 0 aromatic heterocycles. The summed E-state index contributed by atoms with van der Waals surface area (Å²) in [7, 11) is 3.10. The van der Waals surface area contributed by atoms with E-state index in [1.165, 1.54) is 13.0 Å². The third-order valence-corrected chi connectivity index (χ3v) is 4.84. The van der Waals surface area contributed by atoms with Gasteiger partial charge >= 0.3 is 5.97 Å². The molecule has 0 saturated heterocycles. The van der Waals surface area contributed by atoms with E-state index < -0.39 is 5.97 Å². The molecular formula is C26H26N2O6. The number of esters is 1. The molecule has 0 bridgehead atoms. The maximum absolute atomic E-state index is 12.6. The number of rotatable bonds is 9. The van der Waals surface area contributed by atoms with Gasteiger partial charge in [-0.05, 0) is 53.6 Å². The van der Waals surface area contributed by atoms with E-state index in [-0.39, 0.29) is 18.2 Å². The minimum atomic E-state index is -0.460. The average Bonchev–Trinajstić information content (AvgIpc) is 2.82. The Labute approximate surface area is 197 Å². The largest absolute Gasteiger partial charge is 0.493 e. The van der Waals surface area contributed by atoms with Crippen molar-refractivity contribution in [3.63, 3.8) is 0 Å². The summed E-state index contributed by atoms with van der Waals surface area (Å²) in [6, 6.07) is 18.9. The standard InChI is InChI=1S/C26H26N2O6/c1-17(29)34-22-9-5-7-20(15-22)26(31)28-21-8-4-6-19(12-21)16-27-25(30)14-18-10-11-23(32-2)24(13-18)33-3/h4-13,15H,14,16H2,1-3H3,(H,27,30)(H,28,31). The predicted octanol–water partition coefficient (Wildman–Crippen LogP) is 3.74. The Bertz CT molecular complexity index is 1190. The van der Waals surface area contributed by atoms with Gasteiger partial charge in [-0.1, -0.05) is 24.3 Å². The minimum Gasteiger partial charge on any atom is -0.493 e. The highest BCUT2D eigenvalue weighted by Gasteiger charge is 2.10. The van der Waals surface area contributed by atoms with Crippen LogP contribution in [-0.4, -0.2) is 32.0 Å². The van der Waals surface area contributed by atoms with E-state index in [0.29, 0.717) is 35.0 Å². The maximum atomic E-state index is 12.6. The summed E-state index contributed by atoms with van der Waals surface area (Å²) in [5.74, 6) is 0.510. The van der Waals surface area contributed by atoms with Gasteiger partial charge in [0.1, 0.15) is 5.75 Å². The van der Waals surface area contributed by atoms with Crippen molar-refractivity contribution in [2.24, 2.45) is 0 Å². The van der Waals surface area contributed by atoms with Gasteiger partial charge < -0.3 is 24.8 Å². The zero-order valence-corrected chi connectivity index (χ0v) is 19.2. The topological polar surface area (TPSA) is 103 Å². The fourth-order valence-electron chi connectivity index (χ4n) is 3.27. The normalized spacial score (nSPS) is 10.2. The van der Waals surface area contributed by atoms with Gasteiger partial charge in [0.25, 0.3) is 5.91 Å². The molecule has 8 heteroatoms. The lowest BCUT2D eigenvalue weighted by atomic mass is 10.1. The minimum absolute atomic E-state index is 0.149. The quantitative estimate of drug-likeness (QED) is 0.371. The molecule has 2 amide bonds. The number of benzene rings is 3. The van der Waals surface area contributed by atoms with Gasteiger partial charge in [-0.15, -0.1) is 0 Å². The molecule has 0 radical (unpaired) electrons. The van der Waals surface area contributed by atoms with Crippen molar-refractivity contribution in [2.75, 3.05) is 19.5 Å². The molecule has 34 heavy (non-hydrogen) atoms. The highest BCUT2D eigenvalue weighted by Crippen LogP contribution is 2.27.